The highest BCUT2D eigenvalue weighted by Crippen LogP contribution is 2.73. The predicted octanol–water partition coefficient (Wildman–Crippen LogP) is 19.1. The Hall–Kier alpha value is -11.3. The molecule has 0 radical (unpaired) electrons. The average Bonchev–Trinajstić information content (AvgIpc) is 3.08. The van der Waals surface area contributed by atoms with Gasteiger partial charge in [0.25, 0.3) is 0 Å². The van der Waals surface area contributed by atoms with Gasteiger partial charge >= 0.3 is 0 Å². The molecule has 5 heterocycles. The summed E-state index contributed by atoms with van der Waals surface area (Å²) in [6.07, 6.45) is 0. The van der Waals surface area contributed by atoms with E-state index in [1.165, 1.54) is 25.5 Å². The molecule has 85 heavy (non-hydrogen) atoms. The largest absolute Gasteiger partial charge is 0.309 e. The summed E-state index contributed by atoms with van der Waals surface area (Å²) < 4.78 is 9.12. The summed E-state index contributed by atoms with van der Waals surface area (Å²) in [6, 6.07) is 106. The summed E-state index contributed by atoms with van der Waals surface area (Å²) in [5, 5.41) is 18.9. The molecule has 5 aromatic heterocycles. The Morgan fingerprint density at radius 3 is 1.16 bits per heavy atom. The molecule has 0 aliphatic carbocycles. The first kappa shape index (κ1) is 48.4. The number of nitriles is 1. The van der Waals surface area contributed by atoms with Gasteiger partial charge in [-0.25, -0.2) is 0 Å². The number of nitrogens with zero attached hydrogens (tertiary/aromatic N) is 8. The SMILES string of the molecule is N#Cc1ccc2c(c1)c1ccccc1n2-c1ccc2c3ccccc3n(-c3nc(-c4cccc(S(c5ccccc5)(c5ccccc5)c5ccccc5)c4)nc(-n4c5ccccc5c5cc(-n6c7ccccc7c7ccccc76)ccc54)n3)c2c1. The van der Waals surface area contributed by atoms with Crippen LogP contribution in [-0.2, 0) is 0 Å². The molecule has 0 unspecified atom stereocenters. The van der Waals surface area contributed by atoms with Crippen molar-refractivity contribution in [3.8, 4) is 40.7 Å². The molecule has 9 heteroatoms. The summed E-state index contributed by atoms with van der Waals surface area (Å²) in [7, 11) is -2.08. The van der Waals surface area contributed by atoms with Crippen LogP contribution in [-0.4, -0.2) is 33.2 Å². The molecule has 0 saturated heterocycles. The number of hydrogen-bond acceptors (Lipinski definition) is 4. The molecule has 17 rings (SSSR count). The van der Waals surface area contributed by atoms with E-state index in [9.17, 15) is 5.26 Å². The maximum Gasteiger partial charge on any atom is 0.240 e. The van der Waals surface area contributed by atoms with Crippen LogP contribution in [0.15, 0.2) is 311 Å². The average molecular weight is 1110 g/mol. The number of aromatic nitrogens is 7. The molecule has 12 aromatic carbocycles. The van der Waals surface area contributed by atoms with Crippen molar-refractivity contribution >= 4 is 97.3 Å². The Kier molecular flexibility index (Phi) is 10.9. The Labute approximate surface area is 489 Å². The molecule has 0 aliphatic rings. The lowest BCUT2D eigenvalue weighted by atomic mass is 10.1. The van der Waals surface area contributed by atoms with E-state index >= 15 is 0 Å². The van der Waals surface area contributed by atoms with Gasteiger partial charge in [0.15, 0.2) is 5.82 Å². The smallest absolute Gasteiger partial charge is 0.240 e. The molecule has 17 aromatic rings. The van der Waals surface area contributed by atoms with E-state index in [1.54, 1.807) is 0 Å². The Balaban J connectivity index is 0.946. The van der Waals surface area contributed by atoms with Gasteiger partial charge in [-0.3, -0.25) is 9.13 Å². The maximum atomic E-state index is 10.0. The number of para-hydroxylation sites is 5. The van der Waals surface area contributed by atoms with Crippen LogP contribution in [0.3, 0.4) is 0 Å². The molecule has 0 spiro atoms. The van der Waals surface area contributed by atoms with Gasteiger partial charge in [-0.05, 0) is 127 Å². The molecule has 0 amide bonds. The molecular weight excluding hydrogens is 1060 g/mol. The number of hydrogen-bond donors (Lipinski definition) is 0. The molecule has 0 atom stereocenters. The summed E-state index contributed by atoms with van der Waals surface area (Å²) in [4.78, 5) is 21.8. The zero-order valence-corrected chi connectivity index (χ0v) is 46.5. The fourth-order valence-corrected chi connectivity index (χ4v) is 17.3. The van der Waals surface area contributed by atoms with Crippen LogP contribution in [0.5, 0.6) is 0 Å². The fraction of sp³-hybridized carbons (Fsp3) is 0. The second kappa shape index (κ2) is 19.1. The zero-order chi connectivity index (χ0) is 56.2. The fourth-order valence-electron chi connectivity index (χ4n) is 13.3. The lowest BCUT2D eigenvalue weighted by molar-refractivity contribution is 0.892. The van der Waals surface area contributed by atoms with Crippen molar-refractivity contribution in [3.63, 3.8) is 0 Å². The van der Waals surface area contributed by atoms with Gasteiger partial charge in [0.2, 0.25) is 11.9 Å². The Morgan fingerprint density at radius 1 is 0.271 bits per heavy atom. The Bertz CT molecular complexity index is 5420. The van der Waals surface area contributed by atoms with Crippen molar-refractivity contribution in [2.45, 2.75) is 19.6 Å². The maximum absolute atomic E-state index is 10.0. The number of rotatable bonds is 9. The normalized spacial score (nSPS) is 12.2. The van der Waals surface area contributed by atoms with Crippen molar-refractivity contribution in [2.24, 2.45) is 0 Å². The van der Waals surface area contributed by atoms with Crippen LogP contribution in [0.25, 0.3) is 122 Å². The molecule has 0 N–H and O–H groups in total. The molecule has 398 valence electrons. The summed E-state index contributed by atoms with van der Waals surface area (Å²) in [5.41, 5.74) is 11.7. The minimum Gasteiger partial charge on any atom is -0.309 e. The van der Waals surface area contributed by atoms with E-state index in [-0.39, 0.29) is 0 Å². The van der Waals surface area contributed by atoms with Gasteiger partial charge in [-0.15, -0.1) is 10.0 Å². The minimum atomic E-state index is -2.08. The third kappa shape index (κ3) is 7.32. The van der Waals surface area contributed by atoms with Crippen molar-refractivity contribution in [2.75, 3.05) is 0 Å². The van der Waals surface area contributed by atoms with Crippen LogP contribution in [0.2, 0.25) is 0 Å². The monoisotopic (exact) mass is 1100 g/mol. The van der Waals surface area contributed by atoms with Crippen LogP contribution < -0.4 is 0 Å². The van der Waals surface area contributed by atoms with Crippen LogP contribution in [0.1, 0.15) is 5.56 Å². The first-order chi connectivity index (χ1) is 42.1. The van der Waals surface area contributed by atoms with Crippen molar-refractivity contribution in [1.82, 2.24) is 33.2 Å². The van der Waals surface area contributed by atoms with E-state index in [0.717, 1.165) is 98.3 Å². The number of fused-ring (bicyclic) bond motifs is 12. The molecule has 0 saturated carbocycles. The third-order valence-corrected chi connectivity index (χ3v) is 20.9. The molecule has 0 fully saturated rings. The third-order valence-electron chi connectivity index (χ3n) is 17.0. The highest BCUT2D eigenvalue weighted by Gasteiger charge is 2.34. The van der Waals surface area contributed by atoms with Gasteiger partial charge in [-0.2, -0.15) is 20.2 Å². The van der Waals surface area contributed by atoms with E-state index in [0.29, 0.717) is 23.3 Å². The van der Waals surface area contributed by atoms with E-state index in [4.69, 9.17) is 15.0 Å². The van der Waals surface area contributed by atoms with E-state index in [2.05, 4.69) is 303 Å². The first-order valence-electron chi connectivity index (χ1n) is 28.5. The van der Waals surface area contributed by atoms with Crippen LogP contribution in [0.4, 0.5) is 0 Å². The predicted molar refractivity (Wildman–Crippen MR) is 347 cm³/mol. The van der Waals surface area contributed by atoms with Gasteiger partial charge in [0, 0.05) is 79.6 Å². The topological polar surface area (TPSA) is 82.2 Å². The zero-order valence-electron chi connectivity index (χ0n) is 45.7. The van der Waals surface area contributed by atoms with Crippen LogP contribution >= 0.6 is 10.0 Å². The van der Waals surface area contributed by atoms with Crippen molar-refractivity contribution in [3.05, 3.63) is 297 Å². The second-order valence-corrected chi connectivity index (χ2v) is 24.6. The standard InChI is InChI=1S/C76H48N8S/c77-49-50-39-43-71-64(45-50)61-32-13-17-36-68(61)82(71)53-40-42-63-60-31-12-18-37-69(60)84(73(63)48-53)76-79-74(51-21-20-28-57(46-51)85(54-22-4-1-5-23-54,55-24-6-2-7-25-55)56-26-8-3-9-27-56)78-75(80-76)83-70-38-19-14-33-62(70)65-47-52(41-44-72(65)83)81-66-34-15-10-29-58(66)59-30-11-16-35-67(59)81/h1-48H. The summed E-state index contributed by atoms with van der Waals surface area (Å²) in [5.74, 6) is 1.51. The van der Waals surface area contributed by atoms with Gasteiger partial charge in [-0.1, -0.05) is 164 Å². The van der Waals surface area contributed by atoms with E-state index in [1.807, 2.05) is 12.1 Å². The van der Waals surface area contributed by atoms with Gasteiger partial charge in [0.05, 0.1) is 55.8 Å². The quantitative estimate of drug-likeness (QED) is 0.144. The molecule has 8 nitrogen and oxygen atoms in total. The molecular formula is C76H48N8S. The van der Waals surface area contributed by atoms with Crippen LogP contribution in [0, 0.1) is 11.3 Å². The lowest BCUT2D eigenvalue weighted by Crippen LogP contribution is -2.11. The van der Waals surface area contributed by atoms with Gasteiger partial charge < -0.3 is 9.13 Å². The van der Waals surface area contributed by atoms with Crippen molar-refractivity contribution in [1.29, 1.82) is 5.26 Å². The summed E-state index contributed by atoms with van der Waals surface area (Å²) in [6.45, 7) is 0. The van der Waals surface area contributed by atoms with Crippen molar-refractivity contribution < 1.29 is 0 Å². The number of benzene rings is 12. The molecule has 0 aliphatic heterocycles. The Morgan fingerprint density at radius 2 is 0.647 bits per heavy atom. The minimum absolute atomic E-state index is 0.482. The highest BCUT2D eigenvalue weighted by atomic mass is 32.3. The lowest BCUT2D eigenvalue weighted by Gasteiger charge is -2.42. The highest BCUT2D eigenvalue weighted by molar-refractivity contribution is 8.34. The second-order valence-electron chi connectivity index (χ2n) is 21.5. The summed E-state index contributed by atoms with van der Waals surface area (Å²) >= 11 is 0. The van der Waals surface area contributed by atoms with Gasteiger partial charge in [0.1, 0.15) is 0 Å². The first-order valence-corrected chi connectivity index (χ1v) is 30.1. The van der Waals surface area contributed by atoms with E-state index < -0.39 is 10.0 Å². The molecule has 0 bridgehead atoms.